The lowest BCUT2D eigenvalue weighted by molar-refractivity contribution is 0.0316. The van der Waals surface area contributed by atoms with Crippen molar-refractivity contribution in [3.8, 4) is 11.5 Å². The van der Waals surface area contributed by atoms with Gasteiger partial charge in [0.1, 0.15) is 17.1 Å². The number of aromatic hydroxyl groups is 2. The first-order chi connectivity index (χ1) is 11.0. The first-order valence-electron chi connectivity index (χ1n) is 8.75. The molecule has 0 aliphatic rings. The molecule has 1 atom stereocenters. The van der Waals surface area contributed by atoms with E-state index in [1.165, 1.54) is 6.07 Å². The van der Waals surface area contributed by atoms with Crippen LogP contribution in [-0.4, -0.2) is 22.3 Å². The van der Waals surface area contributed by atoms with Gasteiger partial charge >= 0.3 is 5.97 Å². The third-order valence-electron chi connectivity index (χ3n) is 3.96. The van der Waals surface area contributed by atoms with Gasteiger partial charge in [-0.2, -0.15) is 0 Å². The summed E-state index contributed by atoms with van der Waals surface area (Å²) in [6, 6.07) is 2.75. The zero-order valence-corrected chi connectivity index (χ0v) is 14.6. The number of aryl methyl sites for hydroxylation is 1. The lowest BCUT2D eigenvalue weighted by atomic mass is 9.99. The second-order valence-corrected chi connectivity index (χ2v) is 6.17. The summed E-state index contributed by atoms with van der Waals surface area (Å²) in [5, 5.41) is 19.8. The van der Waals surface area contributed by atoms with Crippen LogP contribution in [0.4, 0.5) is 0 Å². The van der Waals surface area contributed by atoms with Gasteiger partial charge in [-0.25, -0.2) is 4.79 Å². The normalized spacial score (nSPS) is 12.1. The van der Waals surface area contributed by atoms with Crippen LogP contribution < -0.4 is 0 Å². The Bertz CT molecular complexity index is 496. The maximum Gasteiger partial charge on any atom is 0.342 e. The number of hydrogen-bond acceptors (Lipinski definition) is 4. The van der Waals surface area contributed by atoms with E-state index in [9.17, 15) is 15.0 Å². The number of carbonyl (C=O) groups excluding carboxylic acids is 1. The highest BCUT2D eigenvalue weighted by Gasteiger charge is 2.21. The Balaban J connectivity index is 2.83. The van der Waals surface area contributed by atoms with Gasteiger partial charge in [-0.3, -0.25) is 0 Å². The van der Waals surface area contributed by atoms with Crippen molar-refractivity contribution >= 4 is 5.97 Å². The van der Waals surface area contributed by atoms with E-state index in [0.29, 0.717) is 12.0 Å². The molecule has 1 rings (SSSR count). The summed E-state index contributed by atoms with van der Waals surface area (Å²) in [5.74, 6) is -0.733. The second-order valence-electron chi connectivity index (χ2n) is 6.17. The number of benzene rings is 1. The molecule has 0 heterocycles. The Morgan fingerprint density at radius 2 is 1.78 bits per heavy atom. The number of ether oxygens (including phenoxy) is 1. The van der Waals surface area contributed by atoms with E-state index >= 15 is 0 Å². The molecule has 0 radical (unpaired) electrons. The Hall–Kier alpha value is -1.71. The average Bonchev–Trinajstić information content (AvgIpc) is 2.48. The fourth-order valence-corrected chi connectivity index (χ4v) is 2.64. The fraction of sp³-hybridized carbons (Fsp3) is 0.632. The van der Waals surface area contributed by atoms with Crippen LogP contribution in [0.1, 0.15) is 81.6 Å². The van der Waals surface area contributed by atoms with Crippen LogP contribution in [0.15, 0.2) is 12.1 Å². The third-order valence-corrected chi connectivity index (χ3v) is 3.96. The van der Waals surface area contributed by atoms with Crippen molar-refractivity contribution in [3.05, 3.63) is 23.3 Å². The molecular weight excluding hydrogens is 292 g/mol. The second kappa shape index (κ2) is 10.1. The molecule has 0 fully saturated rings. The van der Waals surface area contributed by atoms with Crippen LogP contribution in [0.3, 0.4) is 0 Å². The van der Waals surface area contributed by atoms with E-state index in [0.717, 1.165) is 44.9 Å². The average molecular weight is 322 g/mol. The molecule has 0 amide bonds. The van der Waals surface area contributed by atoms with E-state index in [1.807, 2.05) is 6.92 Å². The van der Waals surface area contributed by atoms with Crippen molar-refractivity contribution in [2.75, 3.05) is 0 Å². The minimum absolute atomic E-state index is 0.0245. The summed E-state index contributed by atoms with van der Waals surface area (Å²) in [4.78, 5) is 12.4. The van der Waals surface area contributed by atoms with Crippen LogP contribution in [0, 0.1) is 0 Å². The van der Waals surface area contributed by atoms with E-state index in [-0.39, 0.29) is 23.2 Å². The molecule has 1 aromatic carbocycles. The van der Waals surface area contributed by atoms with Crippen molar-refractivity contribution in [1.29, 1.82) is 0 Å². The lowest BCUT2D eigenvalue weighted by Gasteiger charge is -2.16. The van der Waals surface area contributed by atoms with Crippen molar-refractivity contribution in [2.24, 2.45) is 0 Å². The van der Waals surface area contributed by atoms with Crippen molar-refractivity contribution in [1.82, 2.24) is 0 Å². The van der Waals surface area contributed by atoms with Crippen LogP contribution in [0.5, 0.6) is 11.5 Å². The lowest BCUT2D eigenvalue weighted by Crippen LogP contribution is -2.16. The summed E-state index contributed by atoms with van der Waals surface area (Å²) < 4.78 is 5.45. The maximum atomic E-state index is 12.4. The van der Waals surface area contributed by atoms with E-state index < -0.39 is 5.97 Å². The number of carbonyl (C=O) groups is 1. The molecule has 0 saturated heterocycles. The highest BCUT2D eigenvalue weighted by Crippen LogP contribution is 2.29. The van der Waals surface area contributed by atoms with Crippen molar-refractivity contribution < 1.29 is 19.7 Å². The van der Waals surface area contributed by atoms with Crippen LogP contribution in [0.2, 0.25) is 0 Å². The molecule has 0 bridgehead atoms. The summed E-state index contributed by atoms with van der Waals surface area (Å²) in [5.41, 5.74) is 0.856. The number of phenolic OH excluding ortho intramolecular Hbond substituents is 2. The smallest absolute Gasteiger partial charge is 0.342 e. The summed E-state index contributed by atoms with van der Waals surface area (Å²) >= 11 is 0. The molecule has 23 heavy (non-hydrogen) atoms. The van der Waals surface area contributed by atoms with Gasteiger partial charge in [0.05, 0.1) is 6.10 Å². The zero-order valence-electron chi connectivity index (χ0n) is 14.6. The summed E-state index contributed by atoms with van der Waals surface area (Å²) in [7, 11) is 0. The highest BCUT2D eigenvalue weighted by molar-refractivity contribution is 5.94. The Labute approximate surface area is 139 Å². The predicted octanol–water partition coefficient (Wildman–Crippen LogP) is 4.96. The summed E-state index contributed by atoms with van der Waals surface area (Å²) in [6.45, 7) is 6.10. The Kier molecular flexibility index (Phi) is 8.52. The van der Waals surface area contributed by atoms with Crippen molar-refractivity contribution in [2.45, 2.75) is 78.2 Å². The highest BCUT2D eigenvalue weighted by atomic mass is 16.5. The number of rotatable bonds is 10. The third kappa shape index (κ3) is 6.51. The largest absolute Gasteiger partial charge is 0.508 e. The molecule has 0 saturated carbocycles. The molecule has 0 unspecified atom stereocenters. The van der Waals surface area contributed by atoms with Gasteiger partial charge in [-0.05, 0) is 37.8 Å². The maximum absolute atomic E-state index is 12.4. The predicted molar refractivity (Wildman–Crippen MR) is 92.0 cm³/mol. The van der Waals surface area contributed by atoms with E-state index in [1.54, 1.807) is 6.07 Å². The molecule has 2 N–H and O–H groups in total. The number of hydrogen-bond donors (Lipinski definition) is 2. The first-order valence-corrected chi connectivity index (χ1v) is 8.75. The molecule has 1 aromatic rings. The van der Waals surface area contributed by atoms with Crippen molar-refractivity contribution in [3.63, 3.8) is 0 Å². The molecular formula is C19H30O4. The zero-order chi connectivity index (χ0) is 17.2. The molecule has 130 valence electrons. The van der Waals surface area contributed by atoms with Gasteiger partial charge in [0.2, 0.25) is 0 Å². The van der Waals surface area contributed by atoms with Gasteiger partial charge in [0.15, 0.2) is 0 Å². The first kappa shape index (κ1) is 19.3. The van der Waals surface area contributed by atoms with Crippen LogP contribution in [-0.2, 0) is 11.2 Å². The van der Waals surface area contributed by atoms with Gasteiger partial charge in [0, 0.05) is 6.07 Å². The Morgan fingerprint density at radius 3 is 2.43 bits per heavy atom. The molecule has 0 aliphatic carbocycles. The topological polar surface area (TPSA) is 66.8 Å². The quantitative estimate of drug-likeness (QED) is 0.472. The number of esters is 1. The monoisotopic (exact) mass is 322 g/mol. The molecule has 4 heteroatoms. The number of unbranched alkanes of at least 4 members (excludes halogenated alkanes) is 4. The van der Waals surface area contributed by atoms with E-state index in [2.05, 4.69) is 13.8 Å². The Morgan fingerprint density at radius 1 is 1.09 bits per heavy atom. The van der Waals surface area contributed by atoms with E-state index in [4.69, 9.17) is 4.74 Å². The minimum Gasteiger partial charge on any atom is -0.508 e. The SMILES string of the molecule is CCCCCCc1cc(O)cc(O)c1C(=O)O[C@@H](C)CCCC. The molecule has 4 nitrogen and oxygen atoms in total. The van der Waals surface area contributed by atoms with Gasteiger partial charge in [0.25, 0.3) is 0 Å². The number of phenols is 2. The molecule has 0 spiro atoms. The standard InChI is InChI=1S/C19H30O4/c1-4-6-8-9-11-15-12-16(20)13-17(21)18(15)19(22)23-14(3)10-7-5-2/h12-14,20-21H,4-11H2,1-3H3/t14-/m0/s1. The van der Waals surface area contributed by atoms with Crippen LogP contribution in [0.25, 0.3) is 0 Å². The van der Waals surface area contributed by atoms with Gasteiger partial charge in [-0.15, -0.1) is 0 Å². The molecule has 0 aromatic heterocycles. The van der Waals surface area contributed by atoms with Gasteiger partial charge in [-0.1, -0.05) is 46.0 Å². The summed E-state index contributed by atoms with van der Waals surface area (Å²) in [6.07, 6.45) is 7.59. The minimum atomic E-state index is -0.503. The van der Waals surface area contributed by atoms with Crippen LogP contribution >= 0.6 is 0 Å². The van der Waals surface area contributed by atoms with Gasteiger partial charge < -0.3 is 14.9 Å². The fourth-order valence-electron chi connectivity index (χ4n) is 2.64. The molecule has 0 aliphatic heterocycles.